The fraction of sp³-hybridized carbons (Fsp3) is 0.333. The Hall–Kier alpha value is -0.640. The fourth-order valence-electron chi connectivity index (χ4n) is 0.704. The van der Waals surface area contributed by atoms with E-state index in [1.54, 1.807) is 0 Å². The van der Waals surface area contributed by atoms with Gasteiger partial charge in [0.2, 0.25) is 0 Å². The predicted molar refractivity (Wildman–Crippen MR) is 36.1 cm³/mol. The number of nitrogens with one attached hydrogen (secondary N) is 1. The van der Waals surface area contributed by atoms with E-state index in [0.717, 1.165) is 6.08 Å². The zero-order valence-electron chi connectivity index (χ0n) is 5.32. The quantitative estimate of drug-likeness (QED) is 0.448. The molecule has 1 aliphatic rings. The van der Waals surface area contributed by atoms with E-state index in [4.69, 9.17) is 11.6 Å². The molecule has 0 aromatic heterocycles. The highest BCUT2D eigenvalue weighted by Gasteiger charge is 2.38. The molecular formula is C6H5ClF3N. The van der Waals surface area contributed by atoms with Crippen LogP contribution in [0.1, 0.15) is 0 Å². The molecule has 11 heavy (non-hydrogen) atoms. The van der Waals surface area contributed by atoms with Crippen molar-refractivity contribution in [3.05, 3.63) is 23.9 Å². The van der Waals surface area contributed by atoms with Gasteiger partial charge in [0, 0.05) is 0 Å². The molecule has 0 aliphatic carbocycles. The number of allylic oxidation sites excluding steroid dienone is 2. The molecule has 1 atom stereocenters. The maximum absolute atomic E-state index is 12.0. The fourth-order valence-corrected chi connectivity index (χ4v) is 0.973. The molecule has 1 unspecified atom stereocenters. The molecule has 62 valence electrons. The van der Waals surface area contributed by atoms with Crippen LogP contribution < -0.4 is 5.32 Å². The minimum atomic E-state index is -4.34. The molecule has 1 aliphatic heterocycles. The summed E-state index contributed by atoms with van der Waals surface area (Å²) >= 11 is 5.32. The maximum Gasteiger partial charge on any atom is 0.415 e. The maximum atomic E-state index is 12.0. The van der Waals surface area contributed by atoms with Crippen LogP contribution in [0.4, 0.5) is 13.2 Å². The number of rotatable bonds is 0. The Morgan fingerprint density at radius 2 is 2.09 bits per heavy atom. The second-order valence-corrected chi connectivity index (χ2v) is 2.44. The number of dihydropyridines is 1. The standard InChI is InChI=1S/C6H5ClF3N/c7-5-4(6(8,9)10)2-1-3-11-5/h1-3,5,11H. The highest BCUT2D eigenvalue weighted by Crippen LogP contribution is 2.30. The van der Waals surface area contributed by atoms with Gasteiger partial charge in [0.25, 0.3) is 0 Å². The van der Waals surface area contributed by atoms with Gasteiger partial charge in [-0.2, -0.15) is 13.2 Å². The lowest BCUT2D eigenvalue weighted by Crippen LogP contribution is -2.30. The minimum Gasteiger partial charge on any atom is -0.372 e. The van der Waals surface area contributed by atoms with Crippen molar-refractivity contribution in [3.63, 3.8) is 0 Å². The van der Waals surface area contributed by atoms with Crippen molar-refractivity contribution in [2.45, 2.75) is 11.7 Å². The lowest BCUT2D eigenvalue weighted by Gasteiger charge is -2.19. The summed E-state index contributed by atoms with van der Waals surface area (Å²) in [5.74, 6) is 0. The first-order chi connectivity index (χ1) is 5.02. The summed E-state index contributed by atoms with van der Waals surface area (Å²) in [4.78, 5) is 0. The van der Waals surface area contributed by atoms with Crippen LogP contribution in [0.25, 0.3) is 0 Å². The van der Waals surface area contributed by atoms with Crippen LogP contribution in [0.5, 0.6) is 0 Å². The predicted octanol–water partition coefficient (Wildman–Crippen LogP) is 2.16. The first-order valence-corrected chi connectivity index (χ1v) is 3.29. The first-order valence-electron chi connectivity index (χ1n) is 2.86. The molecule has 0 aromatic rings. The Balaban J connectivity index is 2.84. The highest BCUT2D eigenvalue weighted by atomic mass is 35.5. The third-order valence-corrected chi connectivity index (χ3v) is 1.58. The normalized spacial score (nSPS) is 24.4. The molecule has 0 saturated carbocycles. The third-order valence-electron chi connectivity index (χ3n) is 1.21. The Bertz CT molecular complexity index is 206. The Kier molecular flexibility index (Phi) is 2.13. The summed E-state index contributed by atoms with van der Waals surface area (Å²) in [6.07, 6.45) is -0.757. The number of halogens is 4. The molecule has 0 spiro atoms. The van der Waals surface area contributed by atoms with Gasteiger partial charge in [-0.1, -0.05) is 11.6 Å². The lowest BCUT2D eigenvalue weighted by atomic mass is 10.2. The Morgan fingerprint density at radius 3 is 2.45 bits per heavy atom. The van der Waals surface area contributed by atoms with Gasteiger partial charge in [0.05, 0.1) is 5.57 Å². The van der Waals surface area contributed by atoms with E-state index in [-0.39, 0.29) is 0 Å². The molecule has 0 fully saturated rings. The van der Waals surface area contributed by atoms with E-state index in [2.05, 4.69) is 5.32 Å². The average Bonchev–Trinajstić information content (AvgIpc) is 1.86. The van der Waals surface area contributed by atoms with Crippen molar-refractivity contribution in [2.24, 2.45) is 0 Å². The van der Waals surface area contributed by atoms with E-state index in [1.807, 2.05) is 0 Å². The minimum absolute atomic E-state index is 0.762. The molecular weight excluding hydrogens is 179 g/mol. The molecule has 0 bridgehead atoms. The van der Waals surface area contributed by atoms with E-state index in [0.29, 0.717) is 0 Å². The van der Waals surface area contributed by atoms with Crippen molar-refractivity contribution in [1.82, 2.24) is 5.32 Å². The van der Waals surface area contributed by atoms with Crippen molar-refractivity contribution < 1.29 is 13.2 Å². The lowest BCUT2D eigenvalue weighted by molar-refractivity contribution is -0.0941. The van der Waals surface area contributed by atoms with Gasteiger partial charge < -0.3 is 5.32 Å². The van der Waals surface area contributed by atoms with Crippen LogP contribution in [-0.4, -0.2) is 11.7 Å². The van der Waals surface area contributed by atoms with E-state index < -0.39 is 17.3 Å². The smallest absolute Gasteiger partial charge is 0.372 e. The van der Waals surface area contributed by atoms with Gasteiger partial charge in [0.15, 0.2) is 0 Å². The Morgan fingerprint density at radius 1 is 1.45 bits per heavy atom. The highest BCUT2D eigenvalue weighted by molar-refractivity contribution is 6.22. The summed E-state index contributed by atoms with van der Waals surface area (Å²) < 4.78 is 35.9. The average molecular weight is 184 g/mol. The topological polar surface area (TPSA) is 12.0 Å². The zero-order valence-corrected chi connectivity index (χ0v) is 6.08. The van der Waals surface area contributed by atoms with Gasteiger partial charge in [-0.15, -0.1) is 0 Å². The summed E-state index contributed by atoms with van der Waals surface area (Å²) in [5, 5.41) is 2.34. The van der Waals surface area contributed by atoms with Gasteiger partial charge in [-0.3, -0.25) is 0 Å². The zero-order chi connectivity index (χ0) is 8.48. The molecule has 5 heteroatoms. The van der Waals surface area contributed by atoms with Crippen LogP contribution in [-0.2, 0) is 0 Å². The second kappa shape index (κ2) is 2.77. The van der Waals surface area contributed by atoms with Gasteiger partial charge in [0.1, 0.15) is 5.50 Å². The summed E-state index contributed by atoms with van der Waals surface area (Å²) in [6.45, 7) is 0. The molecule has 1 nitrogen and oxygen atoms in total. The van der Waals surface area contributed by atoms with Crippen LogP contribution in [0.2, 0.25) is 0 Å². The van der Waals surface area contributed by atoms with Crippen LogP contribution in [0.15, 0.2) is 23.9 Å². The number of hydrogen-bond acceptors (Lipinski definition) is 1. The molecule has 0 amide bonds. The summed E-state index contributed by atoms with van der Waals surface area (Å²) in [7, 11) is 0. The van der Waals surface area contributed by atoms with Crippen molar-refractivity contribution >= 4 is 11.6 Å². The van der Waals surface area contributed by atoms with Crippen LogP contribution in [0, 0.1) is 0 Å². The van der Waals surface area contributed by atoms with Crippen molar-refractivity contribution in [3.8, 4) is 0 Å². The Labute approximate surface area is 66.5 Å². The van der Waals surface area contributed by atoms with Gasteiger partial charge >= 0.3 is 6.18 Å². The summed E-state index contributed by atoms with van der Waals surface area (Å²) in [5.41, 5.74) is -1.93. The van der Waals surface area contributed by atoms with Crippen LogP contribution in [0.3, 0.4) is 0 Å². The summed E-state index contributed by atoms with van der Waals surface area (Å²) in [6, 6.07) is 0. The van der Waals surface area contributed by atoms with Gasteiger partial charge in [-0.25, -0.2) is 0 Å². The molecule has 1 rings (SSSR count). The van der Waals surface area contributed by atoms with E-state index in [1.165, 1.54) is 12.3 Å². The van der Waals surface area contributed by atoms with E-state index >= 15 is 0 Å². The molecule has 1 heterocycles. The molecule has 0 saturated heterocycles. The largest absolute Gasteiger partial charge is 0.415 e. The molecule has 1 N–H and O–H groups in total. The first kappa shape index (κ1) is 8.46. The number of hydrogen-bond donors (Lipinski definition) is 1. The molecule has 0 radical (unpaired) electrons. The SMILES string of the molecule is FC(F)(F)C1=CC=CNC1Cl. The van der Waals surface area contributed by atoms with E-state index in [9.17, 15) is 13.2 Å². The van der Waals surface area contributed by atoms with Gasteiger partial charge in [-0.05, 0) is 18.4 Å². The molecule has 0 aromatic carbocycles. The van der Waals surface area contributed by atoms with Crippen molar-refractivity contribution in [2.75, 3.05) is 0 Å². The monoisotopic (exact) mass is 183 g/mol. The number of alkyl halides is 4. The third kappa shape index (κ3) is 1.89. The van der Waals surface area contributed by atoms with Crippen LogP contribution >= 0.6 is 11.6 Å². The second-order valence-electron chi connectivity index (χ2n) is 2.01. The van der Waals surface area contributed by atoms with Crippen molar-refractivity contribution in [1.29, 1.82) is 0 Å².